The van der Waals surface area contributed by atoms with Crippen LogP contribution in [0.5, 0.6) is 0 Å². The van der Waals surface area contributed by atoms with Gasteiger partial charge < -0.3 is 5.32 Å². The Bertz CT molecular complexity index is 759. The minimum absolute atomic E-state index is 0.185. The lowest BCUT2D eigenvalue weighted by Gasteiger charge is -2.20. The number of anilines is 1. The molecule has 0 fully saturated rings. The molecule has 2 aromatic heterocycles. The molecule has 1 N–H and O–H groups in total. The number of benzene rings is 1. The molecule has 0 amide bonds. The number of halogens is 1. The Balaban J connectivity index is 2.00. The summed E-state index contributed by atoms with van der Waals surface area (Å²) >= 11 is 0. The summed E-state index contributed by atoms with van der Waals surface area (Å²) < 4.78 is 13.3. The summed E-state index contributed by atoms with van der Waals surface area (Å²) in [6.45, 7) is 2.04. The van der Waals surface area contributed by atoms with Crippen molar-refractivity contribution in [1.82, 2.24) is 9.97 Å². The fraction of sp³-hybridized carbons (Fsp3) is 0.111. The van der Waals surface area contributed by atoms with E-state index in [-0.39, 0.29) is 6.04 Å². The molecule has 1 atom stereocenters. The normalized spacial score (nSPS) is 11.9. The first-order chi connectivity index (χ1) is 10.7. The molecule has 22 heavy (non-hydrogen) atoms. The van der Waals surface area contributed by atoms with E-state index < -0.39 is 5.95 Å². The minimum Gasteiger partial charge on any atom is -0.358 e. The largest absolute Gasteiger partial charge is 0.358 e. The third kappa shape index (κ3) is 3.28. The monoisotopic (exact) mass is 293 g/mol. The molecule has 0 radical (unpaired) electrons. The van der Waals surface area contributed by atoms with E-state index in [0.29, 0.717) is 5.82 Å². The summed E-state index contributed by atoms with van der Waals surface area (Å²) in [7, 11) is 0. The summed E-state index contributed by atoms with van der Waals surface area (Å²) in [5, 5.41) is 3.27. The second-order valence-electron chi connectivity index (χ2n) is 5.09. The minimum atomic E-state index is -0.506. The van der Waals surface area contributed by atoms with Crippen LogP contribution in [-0.2, 0) is 0 Å². The maximum Gasteiger partial charge on any atom is 0.214 e. The zero-order chi connectivity index (χ0) is 15.4. The lowest BCUT2D eigenvalue weighted by atomic mass is 10.0. The summed E-state index contributed by atoms with van der Waals surface area (Å²) in [6.07, 6.45) is 1.75. The number of pyridine rings is 2. The van der Waals surface area contributed by atoms with Gasteiger partial charge in [-0.2, -0.15) is 4.39 Å². The molecule has 2 heterocycles. The highest BCUT2D eigenvalue weighted by Gasteiger charge is 2.16. The lowest BCUT2D eigenvalue weighted by Crippen LogP contribution is -2.15. The van der Waals surface area contributed by atoms with Gasteiger partial charge in [0.15, 0.2) is 0 Å². The number of aryl methyl sites for hydroxylation is 1. The number of hydrogen-bond acceptors (Lipinski definition) is 3. The number of nitrogens with one attached hydrogen (secondary N) is 1. The van der Waals surface area contributed by atoms with E-state index in [0.717, 1.165) is 16.8 Å². The maximum atomic E-state index is 13.3. The second kappa shape index (κ2) is 6.35. The fourth-order valence-corrected chi connectivity index (χ4v) is 2.36. The molecule has 3 aromatic rings. The van der Waals surface area contributed by atoms with Crippen molar-refractivity contribution >= 4 is 5.82 Å². The SMILES string of the molecule is Cc1cccc(C(Nc2cccc(F)n2)c2ccccn2)c1. The highest BCUT2D eigenvalue weighted by Crippen LogP contribution is 2.25. The number of rotatable bonds is 4. The molecule has 0 aliphatic heterocycles. The molecule has 0 bridgehead atoms. The van der Waals surface area contributed by atoms with Crippen LogP contribution in [0, 0.1) is 12.9 Å². The smallest absolute Gasteiger partial charge is 0.214 e. The van der Waals surface area contributed by atoms with Crippen LogP contribution >= 0.6 is 0 Å². The third-order valence-electron chi connectivity index (χ3n) is 3.37. The maximum absolute atomic E-state index is 13.3. The Morgan fingerprint density at radius 3 is 2.59 bits per heavy atom. The molecular formula is C18H16FN3. The van der Waals surface area contributed by atoms with Gasteiger partial charge in [-0.05, 0) is 36.8 Å². The van der Waals surface area contributed by atoms with Gasteiger partial charge >= 0.3 is 0 Å². The van der Waals surface area contributed by atoms with E-state index in [9.17, 15) is 4.39 Å². The predicted molar refractivity (Wildman–Crippen MR) is 85.1 cm³/mol. The average Bonchev–Trinajstić information content (AvgIpc) is 2.53. The molecule has 3 nitrogen and oxygen atoms in total. The van der Waals surface area contributed by atoms with Gasteiger partial charge in [-0.1, -0.05) is 42.0 Å². The lowest BCUT2D eigenvalue weighted by molar-refractivity contribution is 0.584. The van der Waals surface area contributed by atoms with Crippen LogP contribution in [0.3, 0.4) is 0 Å². The van der Waals surface area contributed by atoms with Gasteiger partial charge in [-0.3, -0.25) is 4.98 Å². The van der Waals surface area contributed by atoms with Gasteiger partial charge in [0.2, 0.25) is 5.95 Å². The summed E-state index contributed by atoms with van der Waals surface area (Å²) in [5.74, 6) is -0.0221. The van der Waals surface area contributed by atoms with E-state index in [2.05, 4.69) is 21.4 Å². The van der Waals surface area contributed by atoms with E-state index in [1.165, 1.54) is 6.07 Å². The van der Waals surface area contributed by atoms with E-state index in [1.807, 2.05) is 43.3 Å². The van der Waals surface area contributed by atoms with Gasteiger partial charge in [0.1, 0.15) is 5.82 Å². The van der Waals surface area contributed by atoms with Crippen molar-refractivity contribution in [1.29, 1.82) is 0 Å². The van der Waals surface area contributed by atoms with E-state index >= 15 is 0 Å². The van der Waals surface area contributed by atoms with Crippen molar-refractivity contribution in [2.24, 2.45) is 0 Å². The van der Waals surface area contributed by atoms with Gasteiger partial charge in [-0.15, -0.1) is 0 Å². The zero-order valence-corrected chi connectivity index (χ0v) is 12.2. The highest BCUT2D eigenvalue weighted by atomic mass is 19.1. The Labute approximate surface area is 128 Å². The standard InChI is InChI=1S/C18H16FN3/c1-13-6-4-7-14(12-13)18(15-8-2-3-11-20-15)22-17-10-5-9-16(19)21-17/h2-12,18H,1H3,(H,21,22). The van der Waals surface area contributed by atoms with Crippen LogP contribution < -0.4 is 5.32 Å². The first-order valence-corrected chi connectivity index (χ1v) is 7.09. The number of nitrogens with zero attached hydrogens (tertiary/aromatic N) is 2. The van der Waals surface area contributed by atoms with Gasteiger partial charge in [0.05, 0.1) is 11.7 Å². The molecule has 110 valence electrons. The topological polar surface area (TPSA) is 37.8 Å². The Morgan fingerprint density at radius 1 is 1.00 bits per heavy atom. The van der Waals surface area contributed by atoms with Crippen molar-refractivity contribution in [2.45, 2.75) is 13.0 Å². The molecule has 4 heteroatoms. The molecule has 1 aromatic carbocycles. The quantitative estimate of drug-likeness (QED) is 0.735. The summed E-state index contributed by atoms with van der Waals surface area (Å²) in [5.41, 5.74) is 3.08. The average molecular weight is 293 g/mol. The van der Waals surface area contributed by atoms with Crippen LogP contribution in [0.25, 0.3) is 0 Å². The second-order valence-corrected chi connectivity index (χ2v) is 5.09. The number of aromatic nitrogens is 2. The first-order valence-electron chi connectivity index (χ1n) is 7.09. The number of hydrogen-bond donors (Lipinski definition) is 1. The summed E-state index contributed by atoms with van der Waals surface area (Å²) in [6, 6.07) is 18.4. The Hall–Kier alpha value is -2.75. The Kier molecular flexibility index (Phi) is 4.10. The third-order valence-corrected chi connectivity index (χ3v) is 3.37. The molecule has 0 spiro atoms. The molecule has 1 unspecified atom stereocenters. The van der Waals surface area contributed by atoms with Crippen LogP contribution in [0.2, 0.25) is 0 Å². The predicted octanol–water partition coefficient (Wildman–Crippen LogP) is 4.13. The van der Waals surface area contributed by atoms with E-state index in [4.69, 9.17) is 0 Å². The zero-order valence-electron chi connectivity index (χ0n) is 12.2. The van der Waals surface area contributed by atoms with Crippen molar-refractivity contribution in [3.05, 3.63) is 89.6 Å². The van der Waals surface area contributed by atoms with Gasteiger partial charge in [0.25, 0.3) is 0 Å². The molecule has 0 saturated heterocycles. The van der Waals surface area contributed by atoms with Gasteiger partial charge in [0, 0.05) is 6.20 Å². The van der Waals surface area contributed by atoms with Crippen LogP contribution in [0.4, 0.5) is 10.2 Å². The molecule has 0 aliphatic rings. The van der Waals surface area contributed by atoms with Crippen LogP contribution in [0.15, 0.2) is 66.9 Å². The highest BCUT2D eigenvalue weighted by molar-refractivity contribution is 5.43. The molecule has 3 rings (SSSR count). The van der Waals surface area contributed by atoms with Crippen LogP contribution in [-0.4, -0.2) is 9.97 Å². The molecule has 0 aliphatic carbocycles. The first kappa shape index (κ1) is 14.2. The summed E-state index contributed by atoms with van der Waals surface area (Å²) in [4.78, 5) is 8.30. The van der Waals surface area contributed by atoms with Crippen molar-refractivity contribution in [3.8, 4) is 0 Å². The van der Waals surface area contributed by atoms with Crippen LogP contribution in [0.1, 0.15) is 22.9 Å². The molecular weight excluding hydrogens is 277 g/mol. The molecule has 0 saturated carbocycles. The Morgan fingerprint density at radius 2 is 1.86 bits per heavy atom. The van der Waals surface area contributed by atoms with Crippen molar-refractivity contribution in [3.63, 3.8) is 0 Å². The van der Waals surface area contributed by atoms with Crippen molar-refractivity contribution in [2.75, 3.05) is 5.32 Å². The van der Waals surface area contributed by atoms with Crippen molar-refractivity contribution < 1.29 is 4.39 Å². The van der Waals surface area contributed by atoms with Gasteiger partial charge in [-0.25, -0.2) is 4.98 Å². The van der Waals surface area contributed by atoms with E-state index in [1.54, 1.807) is 18.3 Å². The fourth-order valence-electron chi connectivity index (χ4n) is 2.36.